The number of likely N-dealkylation sites (tertiary alicyclic amines) is 1. The summed E-state index contributed by atoms with van der Waals surface area (Å²) in [5.41, 5.74) is 2.19. The van der Waals surface area contributed by atoms with Crippen molar-refractivity contribution < 1.29 is 9.21 Å². The van der Waals surface area contributed by atoms with Gasteiger partial charge in [-0.3, -0.25) is 9.89 Å². The first kappa shape index (κ1) is 15.2. The maximum Gasteiger partial charge on any atom is 0.264 e. The molecule has 0 spiro atoms. The predicted molar refractivity (Wildman–Crippen MR) is 93.2 cm³/mol. The Morgan fingerprint density at radius 2 is 2.12 bits per heavy atom. The van der Waals surface area contributed by atoms with Gasteiger partial charge in [-0.15, -0.1) is 0 Å². The van der Waals surface area contributed by atoms with Gasteiger partial charge in [0.05, 0.1) is 6.20 Å². The number of nitrogens with zero attached hydrogens (tertiary/aromatic N) is 3. The fourth-order valence-electron chi connectivity index (χ4n) is 3.10. The first-order valence-corrected chi connectivity index (χ1v) is 8.19. The molecule has 1 aromatic carbocycles. The summed E-state index contributed by atoms with van der Waals surface area (Å²) in [6.07, 6.45) is 5.14. The Morgan fingerprint density at radius 1 is 1.32 bits per heavy atom. The molecule has 25 heavy (non-hydrogen) atoms. The van der Waals surface area contributed by atoms with E-state index in [4.69, 9.17) is 4.42 Å². The normalized spacial score (nSPS) is 14.8. The summed E-state index contributed by atoms with van der Waals surface area (Å²) in [4.78, 5) is 14.2. The number of amides is 1. The van der Waals surface area contributed by atoms with E-state index in [9.17, 15) is 10.1 Å². The van der Waals surface area contributed by atoms with Gasteiger partial charge < -0.3 is 9.32 Å². The zero-order chi connectivity index (χ0) is 17.2. The summed E-state index contributed by atoms with van der Waals surface area (Å²) < 4.78 is 5.85. The van der Waals surface area contributed by atoms with E-state index < -0.39 is 0 Å². The molecule has 3 aromatic rings. The first-order chi connectivity index (χ1) is 12.3. The van der Waals surface area contributed by atoms with E-state index in [2.05, 4.69) is 10.2 Å². The predicted octanol–water partition coefficient (Wildman–Crippen LogP) is 3.35. The average molecular weight is 332 g/mol. The molecule has 0 bridgehead atoms. The SMILES string of the molecule is N#CC(=Cc1cn[nH]c1-c1cc2ccccc2o1)C(=O)N1CCCC1. The van der Waals surface area contributed by atoms with Crippen molar-refractivity contribution in [1.82, 2.24) is 15.1 Å². The molecule has 6 heteroatoms. The largest absolute Gasteiger partial charge is 0.454 e. The lowest BCUT2D eigenvalue weighted by molar-refractivity contribution is -0.125. The number of carbonyl (C=O) groups is 1. The smallest absolute Gasteiger partial charge is 0.264 e. The van der Waals surface area contributed by atoms with Crippen LogP contribution in [0.25, 0.3) is 28.5 Å². The van der Waals surface area contributed by atoms with Crippen LogP contribution in [0.5, 0.6) is 0 Å². The molecule has 0 aliphatic carbocycles. The third kappa shape index (κ3) is 2.81. The highest BCUT2D eigenvalue weighted by Crippen LogP contribution is 2.29. The summed E-state index contributed by atoms with van der Waals surface area (Å²) in [6.45, 7) is 1.42. The van der Waals surface area contributed by atoms with Crippen LogP contribution in [-0.4, -0.2) is 34.1 Å². The average Bonchev–Trinajstić information content (AvgIpc) is 3.38. The zero-order valence-corrected chi connectivity index (χ0v) is 13.5. The molecule has 1 fully saturated rings. The standard InChI is InChI=1S/C19H16N4O2/c20-11-14(19(24)23-7-3-4-8-23)9-15-12-21-22-18(15)17-10-13-5-1-2-6-16(13)25-17/h1-2,5-6,9-10,12H,3-4,7-8H2,(H,21,22). The number of carbonyl (C=O) groups excluding carboxylic acids is 1. The van der Waals surface area contributed by atoms with Crippen LogP contribution in [0.3, 0.4) is 0 Å². The second-order valence-corrected chi connectivity index (χ2v) is 6.02. The topological polar surface area (TPSA) is 85.9 Å². The van der Waals surface area contributed by atoms with Gasteiger partial charge in [0.15, 0.2) is 5.76 Å². The number of para-hydroxylation sites is 1. The maximum absolute atomic E-state index is 12.5. The van der Waals surface area contributed by atoms with E-state index in [-0.39, 0.29) is 11.5 Å². The Balaban J connectivity index is 1.70. The van der Waals surface area contributed by atoms with Gasteiger partial charge >= 0.3 is 0 Å². The molecular weight excluding hydrogens is 316 g/mol. The van der Waals surface area contributed by atoms with Gasteiger partial charge in [0, 0.05) is 24.0 Å². The van der Waals surface area contributed by atoms with Crippen molar-refractivity contribution in [3.8, 4) is 17.5 Å². The molecule has 1 N–H and O–H groups in total. The van der Waals surface area contributed by atoms with E-state index in [1.807, 2.05) is 36.4 Å². The molecule has 124 valence electrons. The molecule has 0 radical (unpaired) electrons. The number of benzene rings is 1. The third-order valence-electron chi connectivity index (χ3n) is 4.38. The van der Waals surface area contributed by atoms with Crippen LogP contribution >= 0.6 is 0 Å². The molecule has 3 heterocycles. The second kappa shape index (κ2) is 6.29. The molecule has 0 unspecified atom stereocenters. The number of fused-ring (bicyclic) bond motifs is 1. The van der Waals surface area contributed by atoms with Crippen molar-refractivity contribution in [3.63, 3.8) is 0 Å². The van der Waals surface area contributed by atoms with Crippen LogP contribution in [0.2, 0.25) is 0 Å². The minimum absolute atomic E-state index is 0.112. The number of hydrogen-bond donors (Lipinski definition) is 1. The van der Waals surface area contributed by atoms with Crippen LogP contribution in [0.1, 0.15) is 18.4 Å². The lowest BCUT2D eigenvalue weighted by Crippen LogP contribution is -2.28. The van der Waals surface area contributed by atoms with Gasteiger partial charge in [-0.25, -0.2) is 0 Å². The summed E-state index contributed by atoms with van der Waals surface area (Å²) in [5.74, 6) is 0.396. The number of nitriles is 1. The number of H-pyrrole nitrogens is 1. The minimum Gasteiger partial charge on any atom is -0.454 e. The Kier molecular flexibility index (Phi) is 3.82. The van der Waals surface area contributed by atoms with Crippen molar-refractivity contribution in [2.75, 3.05) is 13.1 Å². The van der Waals surface area contributed by atoms with Gasteiger partial charge in [-0.2, -0.15) is 10.4 Å². The Hall–Kier alpha value is -3.33. The summed E-state index contributed by atoms with van der Waals surface area (Å²) in [7, 11) is 0. The summed E-state index contributed by atoms with van der Waals surface area (Å²) in [5, 5.41) is 17.3. The molecule has 0 saturated carbocycles. The minimum atomic E-state index is -0.225. The molecule has 1 amide bonds. The monoisotopic (exact) mass is 332 g/mol. The van der Waals surface area contributed by atoms with Gasteiger partial charge in [0.2, 0.25) is 0 Å². The van der Waals surface area contributed by atoms with Gasteiger partial charge in [-0.1, -0.05) is 18.2 Å². The van der Waals surface area contributed by atoms with Crippen molar-refractivity contribution in [3.05, 3.63) is 47.7 Å². The summed E-state index contributed by atoms with van der Waals surface area (Å²) >= 11 is 0. The number of aromatic nitrogens is 2. The molecular formula is C19H16N4O2. The number of hydrogen-bond acceptors (Lipinski definition) is 4. The van der Waals surface area contributed by atoms with E-state index in [0.29, 0.717) is 30.1 Å². The van der Waals surface area contributed by atoms with Crippen molar-refractivity contribution in [2.24, 2.45) is 0 Å². The molecule has 2 aromatic heterocycles. The highest BCUT2D eigenvalue weighted by atomic mass is 16.3. The lowest BCUT2D eigenvalue weighted by atomic mass is 10.1. The number of furan rings is 1. The quantitative estimate of drug-likeness (QED) is 0.588. The Bertz CT molecular complexity index is 967. The van der Waals surface area contributed by atoms with Crippen LogP contribution < -0.4 is 0 Å². The molecule has 0 atom stereocenters. The third-order valence-corrected chi connectivity index (χ3v) is 4.38. The number of aromatic amines is 1. The summed E-state index contributed by atoms with van der Waals surface area (Å²) in [6, 6.07) is 11.6. The zero-order valence-electron chi connectivity index (χ0n) is 13.5. The number of nitrogens with one attached hydrogen (secondary N) is 1. The lowest BCUT2D eigenvalue weighted by Gasteiger charge is -2.13. The van der Waals surface area contributed by atoms with Gasteiger partial charge in [0.25, 0.3) is 5.91 Å². The van der Waals surface area contributed by atoms with Gasteiger partial charge in [-0.05, 0) is 31.1 Å². The fourth-order valence-corrected chi connectivity index (χ4v) is 3.10. The molecule has 1 saturated heterocycles. The van der Waals surface area contributed by atoms with Crippen LogP contribution in [-0.2, 0) is 4.79 Å². The highest BCUT2D eigenvalue weighted by molar-refractivity contribution is 6.02. The van der Waals surface area contributed by atoms with E-state index in [0.717, 1.165) is 23.8 Å². The van der Waals surface area contributed by atoms with Crippen LogP contribution in [0, 0.1) is 11.3 Å². The Morgan fingerprint density at radius 3 is 2.88 bits per heavy atom. The van der Waals surface area contributed by atoms with E-state index >= 15 is 0 Å². The Labute approximate surface area is 144 Å². The van der Waals surface area contributed by atoms with Crippen LogP contribution in [0.15, 0.2) is 46.5 Å². The van der Waals surface area contributed by atoms with Crippen LogP contribution in [0.4, 0.5) is 0 Å². The van der Waals surface area contributed by atoms with Crippen molar-refractivity contribution >= 4 is 23.0 Å². The van der Waals surface area contributed by atoms with Crippen molar-refractivity contribution in [2.45, 2.75) is 12.8 Å². The molecule has 1 aliphatic heterocycles. The molecule has 6 nitrogen and oxygen atoms in total. The highest BCUT2D eigenvalue weighted by Gasteiger charge is 2.22. The van der Waals surface area contributed by atoms with Gasteiger partial charge in [0.1, 0.15) is 22.9 Å². The fraction of sp³-hybridized carbons (Fsp3) is 0.211. The number of rotatable bonds is 3. The molecule has 4 rings (SSSR count). The molecule has 1 aliphatic rings. The van der Waals surface area contributed by atoms with E-state index in [1.165, 1.54) is 0 Å². The maximum atomic E-state index is 12.5. The van der Waals surface area contributed by atoms with E-state index in [1.54, 1.807) is 17.2 Å². The van der Waals surface area contributed by atoms with Crippen molar-refractivity contribution in [1.29, 1.82) is 5.26 Å². The second-order valence-electron chi connectivity index (χ2n) is 6.02. The first-order valence-electron chi connectivity index (χ1n) is 8.19.